The SMILES string of the molecule is NNc1cccnc1S(=O)(=O)NC1CCCSC1. The van der Waals surface area contributed by atoms with Crippen molar-refractivity contribution < 1.29 is 8.42 Å². The van der Waals surface area contributed by atoms with Crippen molar-refractivity contribution in [2.24, 2.45) is 5.84 Å². The van der Waals surface area contributed by atoms with Gasteiger partial charge in [0.15, 0.2) is 5.03 Å². The Balaban J connectivity index is 2.19. The summed E-state index contributed by atoms with van der Waals surface area (Å²) in [5, 5.41) is -0.0527. The van der Waals surface area contributed by atoms with Crippen molar-refractivity contribution in [3.05, 3.63) is 18.3 Å². The highest BCUT2D eigenvalue weighted by atomic mass is 32.2. The summed E-state index contributed by atoms with van der Waals surface area (Å²) in [6.45, 7) is 0. The van der Waals surface area contributed by atoms with Gasteiger partial charge in [0.2, 0.25) is 0 Å². The molecule has 1 aromatic heterocycles. The van der Waals surface area contributed by atoms with Crippen LogP contribution in [-0.4, -0.2) is 30.9 Å². The number of hydrogen-bond acceptors (Lipinski definition) is 6. The predicted molar refractivity (Wildman–Crippen MR) is 72.7 cm³/mol. The molecule has 1 atom stereocenters. The summed E-state index contributed by atoms with van der Waals surface area (Å²) in [4.78, 5) is 3.89. The molecule has 1 saturated heterocycles. The maximum absolute atomic E-state index is 12.2. The lowest BCUT2D eigenvalue weighted by atomic mass is 10.2. The lowest BCUT2D eigenvalue weighted by Gasteiger charge is -2.22. The van der Waals surface area contributed by atoms with Gasteiger partial charge in [0.1, 0.15) is 0 Å². The predicted octanol–water partition coefficient (Wildman–Crippen LogP) is 0.541. The third-order valence-corrected chi connectivity index (χ3v) is 5.36. The Hall–Kier alpha value is -0.830. The molecule has 2 heterocycles. The van der Waals surface area contributed by atoms with E-state index < -0.39 is 10.0 Å². The van der Waals surface area contributed by atoms with Crippen molar-refractivity contribution in [3.63, 3.8) is 0 Å². The highest BCUT2D eigenvalue weighted by molar-refractivity contribution is 7.99. The van der Waals surface area contributed by atoms with Crippen LogP contribution in [0.15, 0.2) is 23.4 Å². The zero-order valence-electron chi connectivity index (χ0n) is 9.80. The molecule has 0 amide bonds. The average molecular weight is 288 g/mol. The first-order chi connectivity index (χ1) is 8.63. The highest BCUT2D eigenvalue weighted by Crippen LogP contribution is 2.21. The molecule has 18 heavy (non-hydrogen) atoms. The van der Waals surface area contributed by atoms with E-state index in [2.05, 4.69) is 15.1 Å². The van der Waals surface area contributed by atoms with Crippen LogP contribution in [-0.2, 0) is 10.0 Å². The van der Waals surface area contributed by atoms with Crippen LogP contribution in [0.3, 0.4) is 0 Å². The summed E-state index contributed by atoms with van der Waals surface area (Å²) in [5.74, 6) is 7.19. The van der Waals surface area contributed by atoms with E-state index in [0.717, 1.165) is 24.3 Å². The van der Waals surface area contributed by atoms with Gasteiger partial charge in [-0.3, -0.25) is 5.84 Å². The fraction of sp³-hybridized carbons (Fsp3) is 0.500. The molecule has 0 saturated carbocycles. The van der Waals surface area contributed by atoms with Crippen molar-refractivity contribution in [1.82, 2.24) is 9.71 Å². The van der Waals surface area contributed by atoms with Gasteiger partial charge in [-0.05, 0) is 30.7 Å². The minimum absolute atomic E-state index is 0.0265. The van der Waals surface area contributed by atoms with Gasteiger partial charge >= 0.3 is 0 Å². The molecular formula is C10H16N4O2S2. The fourth-order valence-corrected chi connectivity index (χ4v) is 4.37. The average Bonchev–Trinajstić information content (AvgIpc) is 2.39. The zero-order valence-corrected chi connectivity index (χ0v) is 11.4. The van der Waals surface area contributed by atoms with Crippen LogP contribution < -0.4 is 16.0 Å². The van der Waals surface area contributed by atoms with Gasteiger partial charge in [-0.1, -0.05) is 0 Å². The van der Waals surface area contributed by atoms with Gasteiger partial charge in [0.25, 0.3) is 10.0 Å². The summed E-state index contributed by atoms with van der Waals surface area (Å²) in [5.41, 5.74) is 2.65. The summed E-state index contributed by atoms with van der Waals surface area (Å²) in [6.07, 6.45) is 3.33. The Morgan fingerprint density at radius 1 is 1.50 bits per heavy atom. The number of nitrogens with zero attached hydrogens (tertiary/aromatic N) is 1. The summed E-state index contributed by atoms with van der Waals surface area (Å²) < 4.78 is 27.1. The second-order valence-corrected chi connectivity index (χ2v) is 6.81. The first-order valence-electron chi connectivity index (χ1n) is 5.65. The number of nitrogens with one attached hydrogen (secondary N) is 2. The van der Waals surface area contributed by atoms with E-state index in [4.69, 9.17) is 5.84 Å². The molecule has 0 bridgehead atoms. The normalized spacial score (nSPS) is 20.6. The molecule has 100 valence electrons. The van der Waals surface area contributed by atoms with Crippen LogP contribution in [0.2, 0.25) is 0 Å². The highest BCUT2D eigenvalue weighted by Gasteiger charge is 2.25. The fourth-order valence-electron chi connectivity index (χ4n) is 1.82. The standard InChI is InChI=1S/C10H16N4O2S2/c11-13-9-4-1-5-12-10(9)18(15,16)14-8-3-2-6-17-7-8/h1,4-5,8,13-14H,2-3,6-7,11H2. The molecule has 1 aliphatic rings. The Labute approximate surface area is 111 Å². The quantitative estimate of drug-likeness (QED) is 0.553. The van der Waals surface area contributed by atoms with Gasteiger partial charge in [-0.15, -0.1) is 0 Å². The monoisotopic (exact) mass is 288 g/mol. The minimum Gasteiger partial charge on any atom is -0.321 e. The molecule has 1 unspecified atom stereocenters. The lowest BCUT2D eigenvalue weighted by Crippen LogP contribution is -2.39. The third kappa shape index (κ3) is 3.14. The molecule has 0 aromatic carbocycles. The summed E-state index contributed by atoms with van der Waals surface area (Å²) >= 11 is 1.76. The molecule has 6 nitrogen and oxygen atoms in total. The number of pyridine rings is 1. The number of thioether (sulfide) groups is 1. The number of anilines is 1. The number of aromatic nitrogens is 1. The van der Waals surface area contributed by atoms with Gasteiger partial charge < -0.3 is 5.43 Å². The van der Waals surface area contributed by atoms with Crippen LogP contribution in [0.25, 0.3) is 0 Å². The minimum atomic E-state index is -3.62. The summed E-state index contributed by atoms with van der Waals surface area (Å²) in [7, 11) is -3.62. The van der Waals surface area contributed by atoms with Crippen molar-refractivity contribution in [1.29, 1.82) is 0 Å². The molecule has 1 fully saturated rings. The summed E-state index contributed by atoms with van der Waals surface area (Å²) in [6, 6.07) is 3.18. The third-order valence-electron chi connectivity index (χ3n) is 2.66. The zero-order chi connectivity index (χ0) is 13.0. The number of rotatable bonds is 4. The smallest absolute Gasteiger partial charge is 0.260 e. The van der Waals surface area contributed by atoms with Crippen LogP contribution in [0.1, 0.15) is 12.8 Å². The maximum atomic E-state index is 12.2. The van der Waals surface area contributed by atoms with E-state index in [1.54, 1.807) is 23.9 Å². The second-order valence-electron chi connectivity index (χ2n) is 4.04. The van der Waals surface area contributed by atoms with Crippen molar-refractivity contribution in [3.8, 4) is 0 Å². The van der Waals surface area contributed by atoms with E-state index in [1.807, 2.05) is 0 Å². The first kappa shape index (κ1) is 13.6. The largest absolute Gasteiger partial charge is 0.321 e. The molecule has 0 aliphatic carbocycles. The van der Waals surface area contributed by atoms with Crippen LogP contribution in [0.4, 0.5) is 5.69 Å². The van der Waals surface area contributed by atoms with Crippen molar-refractivity contribution >= 4 is 27.5 Å². The van der Waals surface area contributed by atoms with Gasteiger partial charge in [0.05, 0.1) is 5.69 Å². The Bertz CT molecular complexity index is 500. The van der Waals surface area contributed by atoms with E-state index in [-0.39, 0.29) is 11.1 Å². The number of nitrogen functional groups attached to an aromatic ring is 1. The van der Waals surface area contributed by atoms with Gasteiger partial charge in [-0.25, -0.2) is 18.1 Å². The van der Waals surface area contributed by atoms with E-state index in [1.165, 1.54) is 6.20 Å². The Kier molecular flexibility index (Phi) is 4.44. The molecule has 0 radical (unpaired) electrons. The van der Waals surface area contributed by atoms with Crippen molar-refractivity contribution in [2.45, 2.75) is 23.9 Å². The van der Waals surface area contributed by atoms with Gasteiger partial charge in [0, 0.05) is 18.0 Å². The molecule has 4 N–H and O–H groups in total. The molecule has 0 spiro atoms. The van der Waals surface area contributed by atoms with Crippen LogP contribution in [0, 0.1) is 0 Å². The second kappa shape index (κ2) is 5.87. The van der Waals surface area contributed by atoms with Crippen molar-refractivity contribution in [2.75, 3.05) is 16.9 Å². The lowest BCUT2D eigenvalue weighted by molar-refractivity contribution is 0.540. The number of hydrazine groups is 1. The number of nitrogens with two attached hydrogens (primary N) is 1. The molecular weight excluding hydrogens is 272 g/mol. The Morgan fingerprint density at radius 3 is 3.00 bits per heavy atom. The molecule has 1 aromatic rings. The van der Waals surface area contributed by atoms with E-state index in [0.29, 0.717) is 5.69 Å². The first-order valence-corrected chi connectivity index (χ1v) is 8.29. The topological polar surface area (TPSA) is 97.1 Å². The van der Waals surface area contributed by atoms with E-state index in [9.17, 15) is 8.42 Å². The molecule has 8 heteroatoms. The maximum Gasteiger partial charge on any atom is 0.260 e. The van der Waals surface area contributed by atoms with Crippen LogP contribution >= 0.6 is 11.8 Å². The Morgan fingerprint density at radius 2 is 2.33 bits per heavy atom. The molecule has 1 aliphatic heterocycles. The van der Waals surface area contributed by atoms with Crippen LogP contribution in [0.5, 0.6) is 0 Å². The number of hydrogen-bond donors (Lipinski definition) is 3. The van der Waals surface area contributed by atoms with E-state index >= 15 is 0 Å². The molecule has 2 rings (SSSR count). The van der Waals surface area contributed by atoms with Gasteiger partial charge in [-0.2, -0.15) is 11.8 Å². The number of sulfonamides is 1.